The molecule has 0 aliphatic heterocycles. The van der Waals surface area contributed by atoms with Crippen LogP contribution in [0.25, 0.3) is 0 Å². The fourth-order valence-corrected chi connectivity index (χ4v) is 3.39. The second-order valence-electron chi connectivity index (χ2n) is 7.12. The van der Waals surface area contributed by atoms with Gasteiger partial charge in [-0.3, -0.25) is 0 Å². The molecule has 0 unspecified atom stereocenters. The summed E-state index contributed by atoms with van der Waals surface area (Å²) in [4.78, 5) is 2.01. The summed E-state index contributed by atoms with van der Waals surface area (Å²) in [5.41, 5.74) is 1.95. The molecule has 0 atom stereocenters. The van der Waals surface area contributed by atoms with Gasteiger partial charge in [-0.05, 0) is 73.5 Å². The van der Waals surface area contributed by atoms with Gasteiger partial charge in [-0.15, -0.1) is 11.3 Å². The maximum Gasteiger partial charge on any atom is 0.119 e. The Bertz CT molecular complexity index is 968. The van der Waals surface area contributed by atoms with E-state index in [0.29, 0.717) is 0 Å². The largest absolute Gasteiger partial charge is 0.494 e. The first-order valence-electron chi connectivity index (χ1n) is 10.9. The van der Waals surface area contributed by atoms with E-state index in [1.54, 1.807) is 11.3 Å². The van der Waals surface area contributed by atoms with Crippen LogP contribution in [-0.4, -0.2) is 13.2 Å². The van der Waals surface area contributed by atoms with Crippen LogP contribution in [0.3, 0.4) is 0 Å². The van der Waals surface area contributed by atoms with Gasteiger partial charge < -0.3 is 9.47 Å². The molecule has 0 N–H and O–H groups in total. The van der Waals surface area contributed by atoms with Crippen molar-refractivity contribution < 1.29 is 9.47 Å². The SMILES string of the molecule is CCCCOc1ccc(C#Cc2ccc(C#Cc3ccc(OCCCC)cc3)s2)cc1. The first-order valence-corrected chi connectivity index (χ1v) is 11.7. The summed E-state index contributed by atoms with van der Waals surface area (Å²) in [5.74, 6) is 14.7. The lowest BCUT2D eigenvalue weighted by Gasteiger charge is -2.04. The zero-order chi connectivity index (χ0) is 21.7. The van der Waals surface area contributed by atoms with Crippen molar-refractivity contribution in [3.63, 3.8) is 0 Å². The van der Waals surface area contributed by atoms with Crippen LogP contribution in [0.1, 0.15) is 60.4 Å². The molecular weight excluding hydrogens is 400 g/mol. The third kappa shape index (κ3) is 7.89. The maximum absolute atomic E-state index is 5.69. The summed E-state index contributed by atoms with van der Waals surface area (Å²) in [6, 6.07) is 19.9. The van der Waals surface area contributed by atoms with E-state index in [2.05, 4.69) is 37.5 Å². The molecule has 31 heavy (non-hydrogen) atoms. The standard InChI is InChI=1S/C28H28O2S/c1-3-5-21-29-25-13-7-23(8-14-25)11-17-27-19-20-28(31-27)18-12-24-9-15-26(16-10-24)30-22-6-4-2/h7-10,13-16,19-20H,3-6,21-22H2,1-2H3. The Kier molecular flexibility index (Phi) is 9.11. The smallest absolute Gasteiger partial charge is 0.119 e. The van der Waals surface area contributed by atoms with Crippen LogP contribution < -0.4 is 9.47 Å². The molecule has 2 nitrogen and oxygen atoms in total. The molecule has 3 rings (SSSR count). The summed E-state index contributed by atoms with van der Waals surface area (Å²) >= 11 is 1.61. The minimum absolute atomic E-state index is 0.761. The van der Waals surface area contributed by atoms with Gasteiger partial charge in [-0.1, -0.05) is 50.4 Å². The van der Waals surface area contributed by atoms with E-state index in [1.807, 2.05) is 60.7 Å². The predicted molar refractivity (Wildman–Crippen MR) is 130 cm³/mol. The fourth-order valence-electron chi connectivity index (χ4n) is 2.68. The zero-order valence-corrected chi connectivity index (χ0v) is 19.1. The molecule has 0 saturated carbocycles. The van der Waals surface area contributed by atoms with Gasteiger partial charge in [0.25, 0.3) is 0 Å². The minimum atomic E-state index is 0.761. The third-order valence-electron chi connectivity index (χ3n) is 4.51. The number of rotatable bonds is 8. The molecule has 0 aliphatic carbocycles. The number of ether oxygens (including phenoxy) is 2. The molecule has 0 aliphatic rings. The zero-order valence-electron chi connectivity index (χ0n) is 18.2. The third-order valence-corrected chi connectivity index (χ3v) is 5.42. The van der Waals surface area contributed by atoms with Gasteiger partial charge in [0.2, 0.25) is 0 Å². The summed E-state index contributed by atoms with van der Waals surface area (Å²) < 4.78 is 11.4. The van der Waals surface area contributed by atoms with Crippen molar-refractivity contribution in [2.75, 3.05) is 13.2 Å². The molecule has 0 radical (unpaired) electrons. The number of unbranched alkanes of at least 4 members (excludes halogenated alkanes) is 2. The maximum atomic E-state index is 5.69. The molecule has 3 heteroatoms. The van der Waals surface area contributed by atoms with E-state index in [9.17, 15) is 0 Å². The second kappa shape index (κ2) is 12.5. The fraction of sp³-hybridized carbons (Fsp3) is 0.286. The van der Waals surface area contributed by atoms with Crippen LogP contribution in [0.4, 0.5) is 0 Å². The Morgan fingerprint density at radius 2 is 1.00 bits per heavy atom. The molecule has 1 aromatic heterocycles. The predicted octanol–water partition coefficient (Wildman–Crippen LogP) is 6.91. The highest BCUT2D eigenvalue weighted by Crippen LogP contribution is 2.16. The summed E-state index contributed by atoms with van der Waals surface area (Å²) in [6.45, 7) is 5.84. The molecule has 0 bridgehead atoms. The van der Waals surface area contributed by atoms with Crippen LogP contribution in [0.2, 0.25) is 0 Å². The molecular formula is C28H28O2S. The van der Waals surface area contributed by atoms with Crippen LogP contribution in [-0.2, 0) is 0 Å². The minimum Gasteiger partial charge on any atom is -0.494 e. The molecule has 0 saturated heterocycles. The molecule has 158 valence electrons. The van der Waals surface area contributed by atoms with E-state index < -0.39 is 0 Å². The van der Waals surface area contributed by atoms with Gasteiger partial charge in [-0.25, -0.2) is 0 Å². The van der Waals surface area contributed by atoms with Crippen LogP contribution in [0.15, 0.2) is 60.7 Å². The number of hydrogen-bond acceptors (Lipinski definition) is 3. The van der Waals surface area contributed by atoms with Crippen molar-refractivity contribution in [2.24, 2.45) is 0 Å². The first-order chi connectivity index (χ1) is 15.3. The van der Waals surface area contributed by atoms with Crippen molar-refractivity contribution >= 4 is 11.3 Å². The van der Waals surface area contributed by atoms with Crippen LogP contribution >= 0.6 is 11.3 Å². The van der Waals surface area contributed by atoms with Crippen LogP contribution in [0.5, 0.6) is 11.5 Å². The molecule has 0 spiro atoms. The molecule has 0 fully saturated rings. The lowest BCUT2D eigenvalue weighted by molar-refractivity contribution is 0.309. The quantitative estimate of drug-likeness (QED) is 0.287. The Morgan fingerprint density at radius 1 is 0.581 bits per heavy atom. The van der Waals surface area contributed by atoms with Crippen molar-refractivity contribution in [1.29, 1.82) is 0 Å². The van der Waals surface area contributed by atoms with Crippen molar-refractivity contribution in [3.8, 4) is 35.2 Å². The number of thiophene rings is 1. The highest BCUT2D eigenvalue weighted by atomic mass is 32.1. The Labute approximate surface area is 190 Å². The monoisotopic (exact) mass is 428 g/mol. The summed E-state index contributed by atoms with van der Waals surface area (Å²) in [7, 11) is 0. The number of hydrogen-bond donors (Lipinski definition) is 0. The van der Waals surface area contributed by atoms with Crippen molar-refractivity contribution in [1.82, 2.24) is 0 Å². The Balaban J connectivity index is 1.56. The first kappa shape index (κ1) is 22.5. The summed E-state index contributed by atoms with van der Waals surface area (Å²) in [5, 5.41) is 0. The van der Waals surface area contributed by atoms with Gasteiger partial charge in [0.1, 0.15) is 11.5 Å². The van der Waals surface area contributed by atoms with E-state index in [4.69, 9.17) is 9.47 Å². The van der Waals surface area contributed by atoms with Gasteiger partial charge in [-0.2, -0.15) is 0 Å². The molecule has 2 aromatic carbocycles. The van der Waals surface area contributed by atoms with Gasteiger partial charge in [0, 0.05) is 11.1 Å². The van der Waals surface area contributed by atoms with Crippen LogP contribution in [0, 0.1) is 23.7 Å². The van der Waals surface area contributed by atoms with E-state index in [1.165, 1.54) is 0 Å². The van der Waals surface area contributed by atoms with Crippen molar-refractivity contribution in [2.45, 2.75) is 39.5 Å². The van der Waals surface area contributed by atoms with Gasteiger partial charge in [0.05, 0.1) is 23.0 Å². The lowest BCUT2D eigenvalue weighted by atomic mass is 10.2. The summed E-state index contributed by atoms with van der Waals surface area (Å²) in [6.07, 6.45) is 4.42. The highest BCUT2D eigenvalue weighted by Gasteiger charge is 1.97. The molecule has 3 aromatic rings. The second-order valence-corrected chi connectivity index (χ2v) is 8.20. The van der Waals surface area contributed by atoms with Gasteiger partial charge >= 0.3 is 0 Å². The number of benzene rings is 2. The Morgan fingerprint density at radius 3 is 1.39 bits per heavy atom. The highest BCUT2D eigenvalue weighted by molar-refractivity contribution is 7.13. The topological polar surface area (TPSA) is 18.5 Å². The molecule has 1 heterocycles. The average molecular weight is 429 g/mol. The Hall–Kier alpha value is -3.14. The normalized spacial score (nSPS) is 9.87. The lowest BCUT2D eigenvalue weighted by Crippen LogP contribution is -1.95. The van der Waals surface area contributed by atoms with Gasteiger partial charge in [0.15, 0.2) is 0 Å². The van der Waals surface area contributed by atoms with E-state index in [0.717, 1.165) is 71.3 Å². The average Bonchev–Trinajstić information content (AvgIpc) is 3.26. The van der Waals surface area contributed by atoms with Crippen molar-refractivity contribution in [3.05, 3.63) is 81.5 Å². The van der Waals surface area contributed by atoms with E-state index in [-0.39, 0.29) is 0 Å². The van der Waals surface area contributed by atoms with E-state index >= 15 is 0 Å². The molecule has 0 amide bonds.